The molecular formula is C19H26N4S. The van der Waals surface area contributed by atoms with E-state index in [1.54, 1.807) is 0 Å². The summed E-state index contributed by atoms with van der Waals surface area (Å²) in [5.41, 5.74) is 2.11. The minimum absolute atomic E-state index is 0.247. The smallest absolute Gasteiger partial charge is 0.138 e. The van der Waals surface area contributed by atoms with E-state index in [0.717, 1.165) is 36.5 Å². The van der Waals surface area contributed by atoms with E-state index in [1.807, 2.05) is 18.0 Å². The van der Waals surface area contributed by atoms with Crippen LogP contribution in [-0.4, -0.2) is 28.2 Å². The number of aromatic nitrogens is 2. The third-order valence-electron chi connectivity index (χ3n) is 5.36. The van der Waals surface area contributed by atoms with Crippen molar-refractivity contribution in [3.8, 4) is 0 Å². The first-order valence-corrected chi connectivity index (χ1v) is 9.78. The molecule has 0 amide bonds. The summed E-state index contributed by atoms with van der Waals surface area (Å²) in [5, 5.41) is 7.13. The van der Waals surface area contributed by atoms with Crippen LogP contribution in [-0.2, 0) is 5.54 Å². The fourth-order valence-electron chi connectivity index (χ4n) is 4.21. The molecule has 0 radical (unpaired) electrons. The largest absolute Gasteiger partial charge is 0.377 e. The number of allylic oxidation sites excluding steroid dienone is 1. The van der Waals surface area contributed by atoms with Gasteiger partial charge in [0, 0.05) is 22.7 Å². The van der Waals surface area contributed by atoms with Crippen LogP contribution in [0.5, 0.6) is 0 Å². The van der Waals surface area contributed by atoms with Crippen molar-refractivity contribution in [3.63, 3.8) is 0 Å². The molecule has 24 heavy (non-hydrogen) atoms. The van der Waals surface area contributed by atoms with Crippen molar-refractivity contribution in [2.75, 3.05) is 18.8 Å². The highest BCUT2D eigenvalue weighted by Gasteiger charge is 2.54. The number of piperidine rings is 1. The molecule has 2 atom stereocenters. The third-order valence-corrected chi connectivity index (χ3v) is 6.30. The number of fused-ring (bicyclic) bond motifs is 2. The summed E-state index contributed by atoms with van der Waals surface area (Å²) in [6.07, 6.45) is 4.11. The lowest BCUT2D eigenvalue weighted by Crippen LogP contribution is -2.38. The predicted octanol–water partition coefficient (Wildman–Crippen LogP) is 3.25. The summed E-state index contributed by atoms with van der Waals surface area (Å²) in [5.74, 6) is 4.30. The quantitative estimate of drug-likeness (QED) is 0.791. The van der Waals surface area contributed by atoms with Crippen molar-refractivity contribution < 1.29 is 0 Å². The first kappa shape index (κ1) is 16.0. The Hall–Kier alpha value is -1.46. The minimum atomic E-state index is -0.247. The van der Waals surface area contributed by atoms with Gasteiger partial charge < -0.3 is 15.0 Å². The number of pyridine rings is 1. The van der Waals surface area contributed by atoms with Gasteiger partial charge in [-0.25, -0.2) is 4.98 Å². The van der Waals surface area contributed by atoms with Crippen LogP contribution < -0.4 is 10.6 Å². The maximum atomic E-state index is 4.75. The summed E-state index contributed by atoms with van der Waals surface area (Å²) in [6, 6.07) is 4.28. The van der Waals surface area contributed by atoms with Gasteiger partial charge in [0.15, 0.2) is 0 Å². The Kier molecular flexibility index (Phi) is 3.88. The highest BCUT2D eigenvalue weighted by Crippen LogP contribution is 2.52. The Labute approximate surface area is 148 Å². The Balaban J connectivity index is 1.59. The number of nitrogens with one attached hydrogen (secondary N) is 2. The number of hydrogen-bond donors (Lipinski definition) is 2. The average Bonchev–Trinajstić information content (AvgIpc) is 2.91. The Morgan fingerprint density at radius 1 is 1.46 bits per heavy atom. The van der Waals surface area contributed by atoms with Gasteiger partial charge in [-0.15, -0.1) is 11.8 Å². The van der Waals surface area contributed by atoms with Gasteiger partial charge in [0.1, 0.15) is 5.82 Å². The first-order valence-electron chi connectivity index (χ1n) is 8.80. The average molecular weight is 343 g/mol. The molecule has 1 saturated heterocycles. The number of nitrogens with zero attached hydrogens (tertiary/aromatic N) is 2. The lowest BCUT2D eigenvalue weighted by Gasteiger charge is -2.28. The second-order valence-electron chi connectivity index (χ2n) is 7.43. The molecule has 2 unspecified atom stereocenters. The van der Waals surface area contributed by atoms with Crippen LogP contribution in [0.2, 0.25) is 0 Å². The third kappa shape index (κ3) is 2.54. The van der Waals surface area contributed by atoms with Gasteiger partial charge in [-0.05, 0) is 56.7 Å². The van der Waals surface area contributed by atoms with Gasteiger partial charge in [-0.2, -0.15) is 0 Å². The van der Waals surface area contributed by atoms with Crippen molar-refractivity contribution in [2.45, 2.75) is 31.2 Å². The fourth-order valence-corrected chi connectivity index (χ4v) is 5.00. The molecule has 1 saturated carbocycles. The SMILES string of the molecule is C=C(NC(C)(C)c1ncc2c(SCC)cccn12)C1C2CNCC21. The minimum Gasteiger partial charge on any atom is -0.377 e. The second kappa shape index (κ2) is 5.81. The number of hydrogen-bond acceptors (Lipinski definition) is 4. The van der Waals surface area contributed by atoms with Crippen molar-refractivity contribution in [1.29, 1.82) is 0 Å². The Bertz CT molecular complexity index is 769. The van der Waals surface area contributed by atoms with Crippen LogP contribution in [0.25, 0.3) is 5.52 Å². The van der Waals surface area contributed by atoms with Gasteiger partial charge in [-0.3, -0.25) is 0 Å². The molecule has 3 heterocycles. The molecule has 4 rings (SSSR count). The van der Waals surface area contributed by atoms with Gasteiger partial charge in [0.05, 0.1) is 17.3 Å². The van der Waals surface area contributed by atoms with Crippen molar-refractivity contribution in [2.24, 2.45) is 17.8 Å². The van der Waals surface area contributed by atoms with E-state index >= 15 is 0 Å². The van der Waals surface area contributed by atoms with Crippen LogP contribution in [0.1, 0.15) is 26.6 Å². The van der Waals surface area contributed by atoms with E-state index in [-0.39, 0.29) is 5.54 Å². The van der Waals surface area contributed by atoms with E-state index in [2.05, 4.69) is 60.7 Å². The van der Waals surface area contributed by atoms with Gasteiger partial charge in [-0.1, -0.05) is 13.5 Å². The van der Waals surface area contributed by atoms with E-state index in [0.29, 0.717) is 5.92 Å². The maximum absolute atomic E-state index is 4.75. The normalized spacial score (nSPS) is 25.7. The molecule has 0 bridgehead atoms. The lowest BCUT2D eigenvalue weighted by molar-refractivity contribution is 0.401. The monoisotopic (exact) mass is 342 g/mol. The van der Waals surface area contributed by atoms with E-state index in [4.69, 9.17) is 4.98 Å². The number of rotatable bonds is 6. The molecule has 0 aromatic carbocycles. The lowest BCUT2D eigenvalue weighted by atomic mass is 10.0. The molecule has 4 nitrogen and oxygen atoms in total. The molecule has 5 heteroatoms. The zero-order valence-corrected chi connectivity index (χ0v) is 15.5. The molecule has 0 spiro atoms. The summed E-state index contributed by atoms with van der Waals surface area (Å²) < 4.78 is 2.22. The maximum Gasteiger partial charge on any atom is 0.138 e. The van der Waals surface area contributed by atoms with Crippen molar-refractivity contribution in [3.05, 3.63) is 42.6 Å². The summed E-state index contributed by atoms with van der Waals surface area (Å²) in [7, 11) is 0. The molecule has 2 aromatic rings. The van der Waals surface area contributed by atoms with Gasteiger partial charge in [0.25, 0.3) is 0 Å². The van der Waals surface area contributed by atoms with Gasteiger partial charge >= 0.3 is 0 Å². The van der Waals surface area contributed by atoms with Crippen molar-refractivity contribution in [1.82, 2.24) is 20.0 Å². The first-order chi connectivity index (χ1) is 11.5. The topological polar surface area (TPSA) is 41.4 Å². The zero-order valence-electron chi connectivity index (χ0n) is 14.7. The van der Waals surface area contributed by atoms with Crippen molar-refractivity contribution >= 4 is 17.3 Å². The predicted molar refractivity (Wildman–Crippen MR) is 100 cm³/mol. The Morgan fingerprint density at radius 2 is 2.21 bits per heavy atom. The molecule has 2 fully saturated rings. The van der Waals surface area contributed by atoms with Crippen LogP contribution in [0.15, 0.2) is 41.7 Å². The molecule has 2 aliphatic rings. The highest BCUT2D eigenvalue weighted by atomic mass is 32.2. The van der Waals surface area contributed by atoms with E-state index < -0.39 is 0 Å². The number of thioether (sulfide) groups is 1. The standard InChI is InChI=1S/C19H26N4S/c1-5-24-16-7-6-8-23-15(16)11-21-18(23)19(3,4)22-12(2)17-13-9-20-10-14(13)17/h6-8,11,13-14,17,20,22H,2,5,9-10H2,1,3-4H3. The Morgan fingerprint density at radius 3 is 2.92 bits per heavy atom. The zero-order chi connectivity index (χ0) is 16.9. The summed E-state index contributed by atoms with van der Waals surface area (Å²) in [4.78, 5) is 6.04. The number of imidazole rings is 1. The van der Waals surface area contributed by atoms with Gasteiger partial charge in [0.2, 0.25) is 0 Å². The highest BCUT2D eigenvalue weighted by molar-refractivity contribution is 7.99. The molecule has 2 aromatic heterocycles. The van der Waals surface area contributed by atoms with E-state index in [9.17, 15) is 0 Å². The summed E-state index contributed by atoms with van der Waals surface area (Å²) >= 11 is 1.86. The molecule has 1 aliphatic carbocycles. The summed E-state index contributed by atoms with van der Waals surface area (Å²) in [6.45, 7) is 13.2. The van der Waals surface area contributed by atoms with Crippen LogP contribution in [0.3, 0.4) is 0 Å². The van der Waals surface area contributed by atoms with Crippen LogP contribution in [0.4, 0.5) is 0 Å². The molecule has 128 valence electrons. The van der Waals surface area contributed by atoms with Crippen LogP contribution in [0, 0.1) is 17.8 Å². The fraction of sp³-hybridized carbons (Fsp3) is 0.526. The molecule has 1 aliphatic heterocycles. The van der Waals surface area contributed by atoms with Crippen LogP contribution >= 0.6 is 11.8 Å². The second-order valence-corrected chi connectivity index (χ2v) is 8.74. The molecule has 2 N–H and O–H groups in total. The van der Waals surface area contributed by atoms with E-state index in [1.165, 1.54) is 16.1 Å². The molecular weight excluding hydrogens is 316 g/mol.